The lowest BCUT2D eigenvalue weighted by atomic mass is 10.1. The fourth-order valence-electron chi connectivity index (χ4n) is 2.35. The van der Waals surface area contributed by atoms with Gasteiger partial charge < -0.3 is 9.64 Å². The molecular formula is C11H15ClN4O3. The Bertz CT molecular complexity index is 509. The third-order valence-electron chi connectivity index (χ3n) is 2.81. The minimum atomic E-state index is -0.551. The zero-order valence-corrected chi connectivity index (χ0v) is 11.7. The molecule has 1 aliphatic rings. The maximum atomic E-state index is 11.1. The summed E-state index contributed by atoms with van der Waals surface area (Å²) < 4.78 is 5.77. The van der Waals surface area contributed by atoms with E-state index in [1.807, 2.05) is 25.7 Å². The predicted octanol–water partition coefficient (Wildman–Crippen LogP) is 2.04. The lowest BCUT2D eigenvalue weighted by Crippen LogP contribution is -2.52. The topological polar surface area (TPSA) is 81.4 Å². The molecule has 1 aromatic heterocycles. The molecule has 104 valence electrons. The van der Waals surface area contributed by atoms with Crippen LogP contribution in [-0.2, 0) is 4.74 Å². The molecule has 0 spiro atoms. The molecule has 2 heterocycles. The Hall–Kier alpha value is -1.47. The highest BCUT2D eigenvalue weighted by Crippen LogP contribution is 2.34. The molecule has 1 aromatic rings. The van der Waals surface area contributed by atoms with Crippen LogP contribution < -0.4 is 4.90 Å². The fourth-order valence-corrected chi connectivity index (χ4v) is 2.55. The second kappa shape index (κ2) is 4.90. The summed E-state index contributed by atoms with van der Waals surface area (Å²) in [7, 11) is 0. The molecule has 0 radical (unpaired) electrons. The summed E-state index contributed by atoms with van der Waals surface area (Å²) >= 11 is 5.80. The van der Waals surface area contributed by atoms with E-state index < -0.39 is 10.5 Å². The van der Waals surface area contributed by atoms with Crippen molar-refractivity contribution in [3.05, 3.63) is 21.6 Å². The van der Waals surface area contributed by atoms with Crippen molar-refractivity contribution in [1.29, 1.82) is 0 Å². The van der Waals surface area contributed by atoms with E-state index in [4.69, 9.17) is 16.3 Å². The van der Waals surface area contributed by atoms with Crippen LogP contribution in [0.4, 0.5) is 11.5 Å². The second-order valence-electron chi connectivity index (χ2n) is 5.16. The zero-order valence-electron chi connectivity index (χ0n) is 11.0. The summed E-state index contributed by atoms with van der Waals surface area (Å²) in [5.74, 6) is 0.244. The average Bonchev–Trinajstić information content (AvgIpc) is 2.25. The largest absolute Gasteiger partial charge is 0.369 e. The standard InChI is InChI=1S/C11H15ClN4O3/c1-7-4-15(5-11(2,3)19-7)10-8(16(17)18)9(12)13-6-14-10/h6-7H,4-5H2,1-3H3. The first-order chi connectivity index (χ1) is 8.80. The molecule has 1 unspecified atom stereocenters. The molecule has 0 aliphatic carbocycles. The second-order valence-corrected chi connectivity index (χ2v) is 5.52. The summed E-state index contributed by atoms with van der Waals surface area (Å²) in [6.07, 6.45) is 1.19. The molecule has 0 saturated carbocycles. The third kappa shape index (κ3) is 2.93. The molecule has 7 nitrogen and oxygen atoms in total. The Labute approximate surface area is 115 Å². The molecule has 0 N–H and O–H groups in total. The molecule has 2 rings (SSSR count). The Balaban J connectivity index is 2.41. The number of morpholine rings is 1. The maximum Gasteiger partial charge on any atom is 0.348 e. The maximum absolute atomic E-state index is 11.1. The average molecular weight is 287 g/mol. The van der Waals surface area contributed by atoms with Gasteiger partial charge >= 0.3 is 5.69 Å². The van der Waals surface area contributed by atoms with E-state index in [0.717, 1.165) is 0 Å². The van der Waals surface area contributed by atoms with Crippen LogP contribution in [0.5, 0.6) is 0 Å². The van der Waals surface area contributed by atoms with E-state index in [2.05, 4.69) is 9.97 Å². The lowest BCUT2D eigenvalue weighted by molar-refractivity contribution is -0.384. The first-order valence-corrected chi connectivity index (χ1v) is 6.25. The number of hydrogen-bond acceptors (Lipinski definition) is 6. The van der Waals surface area contributed by atoms with Gasteiger partial charge in [0.15, 0.2) is 0 Å². The summed E-state index contributed by atoms with van der Waals surface area (Å²) in [5.41, 5.74) is -0.655. The fraction of sp³-hybridized carbons (Fsp3) is 0.636. The summed E-state index contributed by atoms with van der Waals surface area (Å²) in [4.78, 5) is 20.1. The number of rotatable bonds is 2. The SMILES string of the molecule is CC1CN(c2ncnc(Cl)c2[N+](=O)[O-])CC(C)(C)O1. The van der Waals surface area contributed by atoms with Crippen LogP contribution in [0, 0.1) is 10.1 Å². The van der Waals surface area contributed by atoms with Crippen LogP contribution >= 0.6 is 11.6 Å². The van der Waals surface area contributed by atoms with Crippen molar-refractivity contribution in [2.45, 2.75) is 32.5 Å². The Morgan fingerprint density at radius 1 is 1.58 bits per heavy atom. The predicted molar refractivity (Wildman–Crippen MR) is 70.5 cm³/mol. The monoisotopic (exact) mass is 286 g/mol. The van der Waals surface area contributed by atoms with Gasteiger partial charge in [-0.3, -0.25) is 10.1 Å². The van der Waals surface area contributed by atoms with E-state index in [1.165, 1.54) is 6.33 Å². The van der Waals surface area contributed by atoms with Gasteiger partial charge in [-0.25, -0.2) is 9.97 Å². The van der Waals surface area contributed by atoms with Gasteiger partial charge in [0, 0.05) is 13.1 Å². The van der Waals surface area contributed by atoms with Crippen LogP contribution in [-0.4, -0.2) is 39.7 Å². The summed E-state index contributed by atoms with van der Waals surface area (Å²) in [5, 5.41) is 11.0. The Morgan fingerprint density at radius 3 is 2.84 bits per heavy atom. The minimum Gasteiger partial charge on any atom is -0.369 e. The van der Waals surface area contributed by atoms with Crippen molar-refractivity contribution >= 4 is 23.1 Å². The molecule has 1 fully saturated rings. The van der Waals surface area contributed by atoms with Crippen LogP contribution in [0.25, 0.3) is 0 Å². The summed E-state index contributed by atoms with van der Waals surface area (Å²) in [6, 6.07) is 0. The lowest BCUT2D eigenvalue weighted by Gasteiger charge is -2.41. The quantitative estimate of drug-likeness (QED) is 0.470. The number of nitrogens with zero attached hydrogens (tertiary/aromatic N) is 4. The molecule has 8 heteroatoms. The van der Waals surface area contributed by atoms with E-state index in [9.17, 15) is 10.1 Å². The normalized spacial score (nSPS) is 22.3. The first-order valence-electron chi connectivity index (χ1n) is 5.88. The van der Waals surface area contributed by atoms with E-state index in [0.29, 0.717) is 13.1 Å². The Kier molecular flexibility index (Phi) is 3.60. The van der Waals surface area contributed by atoms with Crippen molar-refractivity contribution in [1.82, 2.24) is 9.97 Å². The molecule has 0 bridgehead atoms. The van der Waals surface area contributed by atoms with Gasteiger partial charge in [-0.2, -0.15) is 0 Å². The number of aromatic nitrogens is 2. The summed E-state index contributed by atoms with van der Waals surface area (Å²) in [6.45, 7) is 6.82. The van der Waals surface area contributed by atoms with E-state index in [1.54, 1.807) is 0 Å². The van der Waals surface area contributed by atoms with E-state index in [-0.39, 0.29) is 22.8 Å². The molecule has 19 heavy (non-hydrogen) atoms. The van der Waals surface area contributed by atoms with Crippen molar-refractivity contribution in [3.8, 4) is 0 Å². The third-order valence-corrected chi connectivity index (χ3v) is 3.09. The van der Waals surface area contributed by atoms with Gasteiger partial charge in [0.25, 0.3) is 0 Å². The van der Waals surface area contributed by atoms with Crippen molar-refractivity contribution < 1.29 is 9.66 Å². The van der Waals surface area contributed by atoms with Gasteiger partial charge in [-0.1, -0.05) is 11.6 Å². The first kappa shape index (κ1) is 14.0. The zero-order chi connectivity index (χ0) is 14.2. The van der Waals surface area contributed by atoms with Crippen LogP contribution in [0.15, 0.2) is 6.33 Å². The van der Waals surface area contributed by atoms with Crippen LogP contribution in [0.1, 0.15) is 20.8 Å². The number of anilines is 1. The number of halogens is 1. The number of ether oxygens (including phenoxy) is 1. The van der Waals surface area contributed by atoms with Gasteiger partial charge in [0.1, 0.15) is 6.33 Å². The smallest absolute Gasteiger partial charge is 0.348 e. The van der Waals surface area contributed by atoms with Crippen molar-refractivity contribution in [2.75, 3.05) is 18.0 Å². The van der Waals surface area contributed by atoms with Gasteiger partial charge in [-0.15, -0.1) is 0 Å². The van der Waals surface area contributed by atoms with Gasteiger partial charge in [0.05, 0.1) is 16.6 Å². The van der Waals surface area contributed by atoms with Gasteiger partial charge in [0.2, 0.25) is 11.0 Å². The van der Waals surface area contributed by atoms with E-state index >= 15 is 0 Å². The number of hydrogen-bond donors (Lipinski definition) is 0. The highest BCUT2D eigenvalue weighted by Gasteiger charge is 2.36. The molecular weight excluding hydrogens is 272 g/mol. The molecule has 0 amide bonds. The molecule has 1 saturated heterocycles. The minimum absolute atomic E-state index is 0.0444. The number of nitro groups is 1. The molecule has 1 aliphatic heterocycles. The van der Waals surface area contributed by atoms with Gasteiger partial charge in [-0.05, 0) is 20.8 Å². The van der Waals surface area contributed by atoms with Crippen LogP contribution in [0.3, 0.4) is 0 Å². The highest BCUT2D eigenvalue weighted by atomic mass is 35.5. The highest BCUT2D eigenvalue weighted by molar-refractivity contribution is 6.31. The van der Waals surface area contributed by atoms with Crippen LogP contribution in [0.2, 0.25) is 5.15 Å². The van der Waals surface area contributed by atoms with Crippen molar-refractivity contribution in [2.24, 2.45) is 0 Å². The Morgan fingerprint density at radius 2 is 2.26 bits per heavy atom. The molecule has 1 atom stereocenters. The van der Waals surface area contributed by atoms with Crippen molar-refractivity contribution in [3.63, 3.8) is 0 Å². The molecule has 0 aromatic carbocycles.